The SMILES string of the molecule is CCC(Nc1cc(C(=O)NC)ccc1[N+](=O)[O-])C(C)C. The number of hydrogen-bond donors (Lipinski definition) is 2. The van der Waals surface area contributed by atoms with Crippen LogP contribution in [0.2, 0.25) is 0 Å². The summed E-state index contributed by atoms with van der Waals surface area (Å²) >= 11 is 0. The first-order valence-corrected chi connectivity index (χ1v) is 6.67. The zero-order valence-corrected chi connectivity index (χ0v) is 12.3. The van der Waals surface area contributed by atoms with Crippen molar-refractivity contribution in [1.29, 1.82) is 0 Å². The van der Waals surface area contributed by atoms with Crippen molar-refractivity contribution >= 4 is 17.3 Å². The number of nitro groups is 1. The van der Waals surface area contributed by atoms with Crippen molar-refractivity contribution in [2.75, 3.05) is 12.4 Å². The average molecular weight is 279 g/mol. The molecule has 1 aromatic carbocycles. The summed E-state index contributed by atoms with van der Waals surface area (Å²) < 4.78 is 0. The maximum absolute atomic E-state index is 11.6. The molecule has 1 atom stereocenters. The summed E-state index contributed by atoms with van der Waals surface area (Å²) in [5.41, 5.74) is 0.771. The van der Waals surface area contributed by atoms with E-state index in [1.165, 1.54) is 25.2 Å². The van der Waals surface area contributed by atoms with Gasteiger partial charge < -0.3 is 10.6 Å². The van der Waals surface area contributed by atoms with Crippen molar-refractivity contribution < 1.29 is 9.72 Å². The monoisotopic (exact) mass is 279 g/mol. The number of nitro benzene ring substituents is 1. The average Bonchev–Trinajstić information content (AvgIpc) is 2.42. The highest BCUT2D eigenvalue weighted by Crippen LogP contribution is 2.27. The Hall–Kier alpha value is -2.11. The quantitative estimate of drug-likeness (QED) is 0.619. The van der Waals surface area contributed by atoms with E-state index < -0.39 is 4.92 Å². The van der Waals surface area contributed by atoms with Crippen LogP contribution in [0.15, 0.2) is 18.2 Å². The summed E-state index contributed by atoms with van der Waals surface area (Å²) in [5, 5.41) is 16.8. The lowest BCUT2D eigenvalue weighted by atomic mass is 10.0. The second kappa shape index (κ2) is 6.88. The van der Waals surface area contributed by atoms with Crippen LogP contribution in [-0.4, -0.2) is 23.9 Å². The van der Waals surface area contributed by atoms with Crippen molar-refractivity contribution in [3.05, 3.63) is 33.9 Å². The maximum Gasteiger partial charge on any atom is 0.292 e. The molecular weight excluding hydrogens is 258 g/mol. The van der Waals surface area contributed by atoms with Gasteiger partial charge >= 0.3 is 0 Å². The predicted molar refractivity (Wildman–Crippen MR) is 79.0 cm³/mol. The van der Waals surface area contributed by atoms with E-state index in [0.717, 1.165) is 6.42 Å². The van der Waals surface area contributed by atoms with Gasteiger partial charge in [-0.3, -0.25) is 14.9 Å². The lowest BCUT2D eigenvalue weighted by Crippen LogP contribution is -2.25. The van der Waals surface area contributed by atoms with Crippen molar-refractivity contribution in [2.24, 2.45) is 5.92 Å². The third kappa shape index (κ3) is 3.69. The van der Waals surface area contributed by atoms with Crippen molar-refractivity contribution in [3.63, 3.8) is 0 Å². The van der Waals surface area contributed by atoms with Gasteiger partial charge in [0, 0.05) is 24.7 Å². The lowest BCUT2D eigenvalue weighted by molar-refractivity contribution is -0.384. The molecule has 110 valence electrons. The molecule has 1 aromatic rings. The van der Waals surface area contributed by atoms with Crippen molar-refractivity contribution in [2.45, 2.75) is 33.2 Å². The summed E-state index contributed by atoms with van der Waals surface area (Å²) in [6.07, 6.45) is 0.846. The van der Waals surface area contributed by atoms with E-state index in [9.17, 15) is 14.9 Å². The van der Waals surface area contributed by atoms with Crippen molar-refractivity contribution in [1.82, 2.24) is 5.32 Å². The highest BCUT2D eigenvalue weighted by atomic mass is 16.6. The molecule has 6 nitrogen and oxygen atoms in total. The molecule has 0 radical (unpaired) electrons. The topological polar surface area (TPSA) is 84.3 Å². The third-order valence-corrected chi connectivity index (χ3v) is 3.27. The van der Waals surface area contributed by atoms with Crippen LogP contribution in [0.1, 0.15) is 37.6 Å². The van der Waals surface area contributed by atoms with Crippen molar-refractivity contribution in [3.8, 4) is 0 Å². The number of nitrogens with one attached hydrogen (secondary N) is 2. The Morgan fingerprint density at radius 1 is 1.40 bits per heavy atom. The molecule has 0 bridgehead atoms. The number of rotatable bonds is 6. The first kappa shape index (κ1) is 15.9. The van der Waals surface area contributed by atoms with Crippen LogP contribution in [0, 0.1) is 16.0 Å². The van der Waals surface area contributed by atoms with Crippen LogP contribution in [0.3, 0.4) is 0 Å². The molecule has 20 heavy (non-hydrogen) atoms. The van der Waals surface area contributed by atoms with E-state index in [4.69, 9.17) is 0 Å². The number of carbonyl (C=O) groups excluding carboxylic acids is 1. The Balaban J connectivity index is 3.18. The summed E-state index contributed by atoms with van der Waals surface area (Å²) in [4.78, 5) is 22.3. The molecule has 0 spiro atoms. The van der Waals surface area contributed by atoms with Gasteiger partial charge in [0.15, 0.2) is 0 Å². The third-order valence-electron chi connectivity index (χ3n) is 3.27. The Morgan fingerprint density at radius 3 is 2.50 bits per heavy atom. The molecule has 0 saturated carbocycles. The summed E-state index contributed by atoms with van der Waals surface area (Å²) in [5.74, 6) is 0.0730. The molecule has 1 amide bonds. The maximum atomic E-state index is 11.6. The minimum absolute atomic E-state index is 0.0169. The molecule has 6 heteroatoms. The molecule has 0 aliphatic rings. The predicted octanol–water partition coefficient (Wildman–Crippen LogP) is 2.80. The van der Waals surface area contributed by atoms with Crippen LogP contribution in [-0.2, 0) is 0 Å². The van der Waals surface area contributed by atoms with Gasteiger partial charge in [-0.15, -0.1) is 0 Å². The second-order valence-electron chi connectivity index (χ2n) is 4.97. The smallest absolute Gasteiger partial charge is 0.292 e. The molecule has 0 heterocycles. The van der Waals surface area contributed by atoms with Gasteiger partial charge in [-0.1, -0.05) is 20.8 Å². The fourth-order valence-electron chi connectivity index (χ4n) is 2.04. The Bertz CT molecular complexity index is 500. The van der Waals surface area contributed by atoms with Gasteiger partial charge in [0.05, 0.1) is 4.92 Å². The van der Waals surface area contributed by atoms with E-state index in [2.05, 4.69) is 24.5 Å². The molecular formula is C14H21N3O3. The number of carbonyl (C=O) groups is 1. The fourth-order valence-corrected chi connectivity index (χ4v) is 2.04. The molecule has 0 saturated heterocycles. The minimum atomic E-state index is -0.441. The van der Waals surface area contributed by atoms with Gasteiger partial charge in [-0.2, -0.15) is 0 Å². The molecule has 0 aliphatic carbocycles. The first-order chi connectivity index (χ1) is 9.40. The molecule has 2 N–H and O–H groups in total. The Morgan fingerprint density at radius 2 is 2.05 bits per heavy atom. The van der Waals surface area contributed by atoms with Crippen LogP contribution < -0.4 is 10.6 Å². The molecule has 0 aromatic heterocycles. The van der Waals surface area contributed by atoms with Gasteiger partial charge in [0.25, 0.3) is 11.6 Å². The van der Waals surface area contributed by atoms with E-state index in [0.29, 0.717) is 17.2 Å². The Kier molecular flexibility index (Phi) is 5.49. The number of benzene rings is 1. The zero-order chi connectivity index (χ0) is 15.3. The van der Waals surface area contributed by atoms with E-state index >= 15 is 0 Å². The van der Waals surface area contributed by atoms with Gasteiger partial charge in [-0.25, -0.2) is 0 Å². The normalized spacial score (nSPS) is 12.1. The van der Waals surface area contributed by atoms with Crippen LogP contribution >= 0.6 is 0 Å². The molecule has 0 aliphatic heterocycles. The van der Waals surface area contributed by atoms with E-state index in [-0.39, 0.29) is 17.6 Å². The van der Waals surface area contributed by atoms with Crippen LogP contribution in [0.5, 0.6) is 0 Å². The molecule has 0 fully saturated rings. The summed E-state index contributed by atoms with van der Waals surface area (Å²) in [6.45, 7) is 6.12. The highest BCUT2D eigenvalue weighted by molar-refractivity contribution is 5.95. The van der Waals surface area contributed by atoms with E-state index in [1.54, 1.807) is 0 Å². The Labute approximate surface area is 118 Å². The fraction of sp³-hybridized carbons (Fsp3) is 0.500. The molecule has 1 unspecified atom stereocenters. The standard InChI is InChI=1S/C14H21N3O3/c1-5-11(9(2)3)16-12-8-10(14(18)15-4)6-7-13(12)17(19)20/h6-9,11,16H,5H2,1-4H3,(H,15,18). The zero-order valence-electron chi connectivity index (χ0n) is 12.3. The highest BCUT2D eigenvalue weighted by Gasteiger charge is 2.20. The van der Waals surface area contributed by atoms with Gasteiger partial charge in [0.1, 0.15) is 5.69 Å². The van der Waals surface area contributed by atoms with Gasteiger partial charge in [-0.05, 0) is 24.5 Å². The first-order valence-electron chi connectivity index (χ1n) is 6.67. The van der Waals surface area contributed by atoms with E-state index in [1.807, 2.05) is 6.92 Å². The minimum Gasteiger partial charge on any atom is -0.376 e. The number of hydrogen-bond acceptors (Lipinski definition) is 4. The number of anilines is 1. The number of amides is 1. The summed E-state index contributed by atoms with van der Waals surface area (Å²) in [6, 6.07) is 4.47. The second-order valence-corrected chi connectivity index (χ2v) is 4.97. The van der Waals surface area contributed by atoms with Crippen LogP contribution in [0.4, 0.5) is 11.4 Å². The van der Waals surface area contributed by atoms with Gasteiger partial charge in [0.2, 0.25) is 0 Å². The molecule has 1 rings (SSSR count). The summed E-state index contributed by atoms with van der Waals surface area (Å²) in [7, 11) is 1.53. The van der Waals surface area contributed by atoms with Crippen LogP contribution in [0.25, 0.3) is 0 Å². The number of nitrogens with zero attached hydrogens (tertiary/aromatic N) is 1. The largest absolute Gasteiger partial charge is 0.376 e. The lowest BCUT2D eigenvalue weighted by Gasteiger charge is -2.22.